The van der Waals surface area contributed by atoms with Gasteiger partial charge in [0.1, 0.15) is 5.78 Å². The molecule has 7 nitrogen and oxygen atoms in total. The van der Waals surface area contributed by atoms with Crippen LogP contribution in [0, 0.1) is 34.0 Å². The molecule has 3 fully saturated rings. The zero-order chi connectivity index (χ0) is 24.6. The summed E-state index contributed by atoms with van der Waals surface area (Å²) >= 11 is 0. The third-order valence-corrected chi connectivity index (χ3v) is 9.94. The molecule has 8 atom stereocenters. The number of furan rings is 1. The van der Waals surface area contributed by atoms with Gasteiger partial charge in [0, 0.05) is 35.2 Å². The van der Waals surface area contributed by atoms with Crippen molar-refractivity contribution in [1.29, 1.82) is 0 Å². The van der Waals surface area contributed by atoms with Gasteiger partial charge in [0.15, 0.2) is 6.29 Å². The van der Waals surface area contributed by atoms with Crippen LogP contribution in [0.2, 0.25) is 0 Å². The molecule has 4 aliphatic rings. The number of carbonyl (C=O) groups is 2. The second-order valence-electron chi connectivity index (χ2n) is 11.8. The molecule has 1 aromatic heterocycles. The van der Waals surface area contributed by atoms with Gasteiger partial charge >= 0.3 is 5.97 Å². The lowest BCUT2D eigenvalue weighted by Crippen LogP contribution is -2.66. The number of aliphatic hydroxyl groups excluding tert-OH is 2. The highest BCUT2D eigenvalue weighted by molar-refractivity contribution is 5.92. The number of aliphatic hydroxyl groups is 2. The van der Waals surface area contributed by atoms with E-state index in [0.717, 1.165) is 24.0 Å². The van der Waals surface area contributed by atoms with Crippen LogP contribution in [0.3, 0.4) is 0 Å². The van der Waals surface area contributed by atoms with Crippen LogP contribution in [-0.4, -0.2) is 41.5 Å². The van der Waals surface area contributed by atoms with Crippen molar-refractivity contribution < 1.29 is 33.7 Å². The maximum absolute atomic E-state index is 13.9. The predicted molar refractivity (Wildman–Crippen MR) is 122 cm³/mol. The van der Waals surface area contributed by atoms with Crippen LogP contribution in [0.5, 0.6) is 0 Å². The molecule has 7 heteroatoms. The Labute approximate surface area is 200 Å². The fraction of sp³-hybridized carbons (Fsp3) is 0.704. The molecule has 2 N–H and O–H groups in total. The molecule has 2 saturated carbocycles. The summed E-state index contributed by atoms with van der Waals surface area (Å²) in [6, 6.07) is 1.88. The van der Waals surface area contributed by atoms with Gasteiger partial charge in [-0.2, -0.15) is 0 Å². The third-order valence-electron chi connectivity index (χ3n) is 9.94. The molecule has 3 aliphatic carbocycles. The van der Waals surface area contributed by atoms with Crippen LogP contribution in [0.25, 0.3) is 0 Å². The number of hydrogen-bond acceptors (Lipinski definition) is 7. The second kappa shape index (κ2) is 7.77. The maximum atomic E-state index is 13.9. The van der Waals surface area contributed by atoms with Gasteiger partial charge < -0.3 is 24.1 Å². The van der Waals surface area contributed by atoms with E-state index in [4.69, 9.17) is 13.9 Å². The first-order valence-electron chi connectivity index (χ1n) is 12.3. The highest BCUT2D eigenvalue weighted by atomic mass is 16.6. The fourth-order valence-corrected chi connectivity index (χ4v) is 8.12. The summed E-state index contributed by atoms with van der Waals surface area (Å²) in [5, 5.41) is 22.1. The van der Waals surface area contributed by atoms with Crippen molar-refractivity contribution in [3.8, 4) is 0 Å². The van der Waals surface area contributed by atoms with E-state index in [1.54, 1.807) is 12.5 Å². The molecule has 1 saturated heterocycles. The third kappa shape index (κ3) is 3.06. The van der Waals surface area contributed by atoms with Crippen LogP contribution >= 0.6 is 0 Å². The molecule has 0 aromatic carbocycles. The molecular formula is C27H36O7. The summed E-state index contributed by atoms with van der Waals surface area (Å²) in [7, 11) is 1.36. The van der Waals surface area contributed by atoms with Crippen LogP contribution in [0.15, 0.2) is 34.2 Å². The molecule has 1 aliphatic heterocycles. The van der Waals surface area contributed by atoms with E-state index in [1.807, 2.05) is 26.8 Å². The van der Waals surface area contributed by atoms with Crippen molar-refractivity contribution in [1.82, 2.24) is 0 Å². The molecule has 0 spiro atoms. The van der Waals surface area contributed by atoms with Gasteiger partial charge in [0.05, 0.1) is 31.8 Å². The van der Waals surface area contributed by atoms with Gasteiger partial charge in [0.2, 0.25) is 0 Å². The lowest BCUT2D eigenvalue weighted by molar-refractivity contribution is -0.201. The van der Waals surface area contributed by atoms with Crippen molar-refractivity contribution in [2.75, 3.05) is 7.11 Å². The van der Waals surface area contributed by atoms with E-state index in [1.165, 1.54) is 12.7 Å². The fourth-order valence-electron chi connectivity index (χ4n) is 8.12. The predicted octanol–water partition coefficient (Wildman–Crippen LogP) is 3.95. The molecule has 2 heterocycles. The summed E-state index contributed by atoms with van der Waals surface area (Å²) in [4.78, 5) is 26.4. The minimum absolute atomic E-state index is 0.0453. The van der Waals surface area contributed by atoms with Gasteiger partial charge in [-0.1, -0.05) is 38.8 Å². The Morgan fingerprint density at radius 1 is 1.21 bits per heavy atom. The van der Waals surface area contributed by atoms with Gasteiger partial charge in [-0.25, -0.2) is 0 Å². The molecule has 186 valence electrons. The van der Waals surface area contributed by atoms with Crippen molar-refractivity contribution in [2.45, 2.75) is 78.3 Å². The number of rotatable bonds is 3. The van der Waals surface area contributed by atoms with Crippen LogP contribution in [0.4, 0.5) is 0 Å². The quantitative estimate of drug-likeness (QED) is 0.507. The zero-order valence-electron chi connectivity index (χ0n) is 20.7. The SMILES string of the molecule is COC(=O)C[C@H]1C(C)(C)[C@@H](O)[C@H]2CC3=C4C[C@H](O)O[C@@H](c5ccoc5)[C@]4(C)CC[C@H]3[C@@]1(C)C2=O. The van der Waals surface area contributed by atoms with E-state index < -0.39 is 29.1 Å². The first-order chi connectivity index (χ1) is 16.0. The van der Waals surface area contributed by atoms with Crippen molar-refractivity contribution >= 4 is 11.8 Å². The Bertz CT molecular complexity index is 1020. The topological polar surface area (TPSA) is 106 Å². The normalized spacial score (nSPS) is 43.2. The second-order valence-corrected chi connectivity index (χ2v) is 11.8. The molecule has 0 radical (unpaired) electrons. The van der Waals surface area contributed by atoms with E-state index in [-0.39, 0.29) is 41.5 Å². The minimum Gasteiger partial charge on any atom is -0.472 e. The lowest BCUT2D eigenvalue weighted by atomic mass is 9.40. The first-order valence-corrected chi connectivity index (χ1v) is 12.3. The van der Waals surface area contributed by atoms with E-state index in [2.05, 4.69) is 6.92 Å². The largest absolute Gasteiger partial charge is 0.472 e. The molecule has 5 rings (SSSR count). The van der Waals surface area contributed by atoms with Gasteiger partial charge in [-0.3, -0.25) is 9.59 Å². The van der Waals surface area contributed by atoms with E-state index >= 15 is 0 Å². The summed E-state index contributed by atoms with van der Waals surface area (Å²) in [5.41, 5.74) is 1.44. The highest BCUT2D eigenvalue weighted by Crippen LogP contribution is 2.67. The molecule has 0 unspecified atom stereocenters. The highest BCUT2D eigenvalue weighted by Gasteiger charge is 2.67. The summed E-state index contributed by atoms with van der Waals surface area (Å²) in [5.74, 6) is -1.23. The number of allylic oxidation sites excluding steroid dienone is 1. The maximum Gasteiger partial charge on any atom is 0.305 e. The number of carbonyl (C=O) groups excluding carboxylic acids is 2. The number of fused-ring (bicyclic) bond motifs is 5. The van der Waals surface area contributed by atoms with Crippen molar-refractivity contribution in [3.05, 3.63) is 35.3 Å². The summed E-state index contributed by atoms with van der Waals surface area (Å²) < 4.78 is 16.4. The Hall–Kier alpha value is -1.96. The average Bonchev–Trinajstić information content (AvgIpc) is 3.32. The molecule has 1 aromatic rings. The standard InChI is InChI=1S/C27H36O7/c1-25(2)19(12-20(28)32-5)27(4)17-6-8-26(3)18(15(17)10-16(22(25)30)23(27)31)11-21(29)34-24(26)14-7-9-33-13-14/h7,9,13,16-17,19,21-22,24,29-30H,6,8,10-12H2,1-5H3/t16-,17-,19+,21-,22+,24+,26-,27-/m1/s1. The number of Topliss-reactive ketones (excluding diaryl/α,β-unsaturated/α-hetero) is 1. The Kier molecular flexibility index (Phi) is 5.43. The number of methoxy groups -OCH3 is 1. The summed E-state index contributed by atoms with van der Waals surface area (Å²) in [6.07, 6.45) is 3.66. The molecule has 0 amide bonds. The number of ketones is 1. The average molecular weight is 473 g/mol. The first kappa shape index (κ1) is 23.8. The smallest absolute Gasteiger partial charge is 0.305 e. The summed E-state index contributed by atoms with van der Waals surface area (Å²) in [6.45, 7) is 8.12. The van der Waals surface area contributed by atoms with Crippen molar-refractivity contribution in [2.24, 2.45) is 34.0 Å². The lowest BCUT2D eigenvalue weighted by Gasteiger charge is -2.63. The molecular weight excluding hydrogens is 436 g/mol. The van der Waals surface area contributed by atoms with Crippen LogP contribution < -0.4 is 0 Å². The van der Waals surface area contributed by atoms with Crippen LogP contribution in [0.1, 0.15) is 71.5 Å². The number of hydrogen-bond donors (Lipinski definition) is 2. The van der Waals surface area contributed by atoms with E-state index in [0.29, 0.717) is 12.8 Å². The molecule has 34 heavy (non-hydrogen) atoms. The van der Waals surface area contributed by atoms with Gasteiger partial charge in [-0.05, 0) is 42.6 Å². The zero-order valence-corrected chi connectivity index (χ0v) is 20.7. The number of esters is 1. The van der Waals surface area contributed by atoms with Crippen LogP contribution in [-0.2, 0) is 19.1 Å². The van der Waals surface area contributed by atoms with Gasteiger partial charge in [-0.15, -0.1) is 0 Å². The van der Waals surface area contributed by atoms with E-state index in [9.17, 15) is 19.8 Å². The Balaban J connectivity index is 1.66. The Morgan fingerprint density at radius 2 is 1.94 bits per heavy atom. The Morgan fingerprint density at radius 3 is 2.59 bits per heavy atom. The van der Waals surface area contributed by atoms with Gasteiger partial charge in [0.25, 0.3) is 0 Å². The minimum atomic E-state index is -0.952. The number of ether oxygens (including phenoxy) is 2. The molecule has 2 bridgehead atoms. The monoisotopic (exact) mass is 472 g/mol. The van der Waals surface area contributed by atoms with Crippen molar-refractivity contribution in [3.63, 3.8) is 0 Å².